The van der Waals surface area contributed by atoms with E-state index in [0.717, 1.165) is 14.7 Å². The molecule has 0 fully saturated rings. The predicted octanol–water partition coefficient (Wildman–Crippen LogP) is 5.05. The molecule has 0 aliphatic rings. The van der Waals surface area contributed by atoms with E-state index in [2.05, 4.69) is 36.9 Å². The number of fused-ring (bicyclic) bond motifs is 1. The number of amides is 3. The summed E-state index contributed by atoms with van der Waals surface area (Å²) in [6, 6.07) is 12.4. The molecule has 128 valence electrons. The molecule has 0 bridgehead atoms. The third-order valence-electron chi connectivity index (χ3n) is 3.32. The van der Waals surface area contributed by atoms with Gasteiger partial charge in [-0.25, -0.2) is 9.78 Å². The number of anilines is 3. The van der Waals surface area contributed by atoms with Crippen LogP contribution in [0.2, 0.25) is 0 Å². The van der Waals surface area contributed by atoms with E-state index in [9.17, 15) is 9.59 Å². The average molecular weight is 419 g/mol. The Balaban J connectivity index is 1.69. The first-order valence-corrected chi connectivity index (χ1v) is 9.18. The molecule has 0 atom stereocenters. The number of carbonyl (C=O) groups excluding carboxylic acids is 2. The van der Waals surface area contributed by atoms with Gasteiger partial charge in [-0.1, -0.05) is 34.2 Å². The predicted molar refractivity (Wildman–Crippen MR) is 105 cm³/mol. The van der Waals surface area contributed by atoms with Gasteiger partial charge in [0, 0.05) is 22.3 Å². The molecule has 0 aliphatic heterocycles. The average Bonchev–Trinajstić information content (AvgIpc) is 2.98. The lowest BCUT2D eigenvalue weighted by Gasteiger charge is -2.07. The Morgan fingerprint density at radius 3 is 2.44 bits per heavy atom. The molecule has 3 rings (SSSR count). The van der Waals surface area contributed by atoms with Crippen molar-refractivity contribution >= 4 is 65.9 Å². The number of nitrogens with one attached hydrogen (secondary N) is 3. The van der Waals surface area contributed by atoms with Crippen molar-refractivity contribution in [2.75, 3.05) is 16.0 Å². The fourth-order valence-corrected chi connectivity index (χ4v) is 3.28. The third-order valence-corrected chi connectivity index (χ3v) is 4.78. The molecule has 1 aromatic heterocycles. The van der Waals surface area contributed by atoms with Crippen molar-refractivity contribution in [2.45, 2.75) is 13.3 Å². The Kier molecular flexibility index (Phi) is 5.30. The maximum absolute atomic E-state index is 12.1. The van der Waals surface area contributed by atoms with E-state index in [4.69, 9.17) is 0 Å². The summed E-state index contributed by atoms with van der Waals surface area (Å²) in [5.74, 6) is -0.0775. The van der Waals surface area contributed by atoms with E-state index in [1.165, 1.54) is 11.3 Å². The van der Waals surface area contributed by atoms with Gasteiger partial charge in [-0.3, -0.25) is 4.79 Å². The van der Waals surface area contributed by atoms with Crippen molar-refractivity contribution in [1.82, 2.24) is 4.98 Å². The summed E-state index contributed by atoms with van der Waals surface area (Å²) < 4.78 is 1.83. The first kappa shape index (κ1) is 17.4. The van der Waals surface area contributed by atoms with Gasteiger partial charge in [0.05, 0.1) is 10.2 Å². The monoisotopic (exact) mass is 418 g/mol. The van der Waals surface area contributed by atoms with E-state index in [-0.39, 0.29) is 11.9 Å². The zero-order valence-electron chi connectivity index (χ0n) is 13.3. The van der Waals surface area contributed by atoms with Gasteiger partial charge in [0.2, 0.25) is 5.91 Å². The summed E-state index contributed by atoms with van der Waals surface area (Å²) in [7, 11) is 0. The summed E-state index contributed by atoms with van der Waals surface area (Å²) in [6.45, 7) is 1.79. The molecule has 0 aliphatic carbocycles. The second kappa shape index (κ2) is 7.62. The molecule has 0 unspecified atom stereocenters. The maximum Gasteiger partial charge on any atom is 0.323 e. The summed E-state index contributed by atoms with van der Waals surface area (Å²) >= 11 is 4.72. The number of aromatic nitrogens is 1. The summed E-state index contributed by atoms with van der Waals surface area (Å²) in [5, 5.41) is 8.85. The molecule has 0 radical (unpaired) electrons. The number of rotatable bonds is 4. The molecular formula is C17H15BrN4O2S. The van der Waals surface area contributed by atoms with Crippen LogP contribution in [-0.4, -0.2) is 16.9 Å². The van der Waals surface area contributed by atoms with Crippen molar-refractivity contribution in [2.24, 2.45) is 0 Å². The maximum atomic E-state index is 12.1. The van der Waals surface area contributed by atoms with E-state index in [1.54, 1.807) is 25.1 Å². The van der Waals surface area contributed by atoms with Crippen molar-refractivity contribution in [3.05, 3.63) is 46.9 Å². The van der Waals surface area contributed by atoms with Crippen LogP contribution in [0.3, 0.4) is 0 Å². The van der Waals surface area contributed by atoms with Gasteiger partial charge in [0.15, 0.2) is 5.13 Å². The zero-order valence-corrected chi connectivity index (χ0v) is 15.7. The van der Waals surface area contributed by atoms with Gasteiger partial charge >= 0.3 is 6.03 Å². The lowest BCUT2D eigenvalue weighted by Crippen LogP contribution is -2.19. The topological polar surface area (TPSA) is 83.1 Å². The molecule has 2 aromatic carbocycles. The first-order chi connectivity index (χ1) is 12.0. The highest BCUT2D eigenvalue weighted by molar-refractivity contribution is 9.10. The van der Waals surface area contributed by atoms with Gasteiger partial charge in [-0.05, 0) is 42.5 Å². The normalized spacial score (nSPS) is 10.5. The molecule has 1 heterocycles. The van der Waals surface area contributed by atoms with Gasteiger partial charge in [-0.2, -0.15) is 0 Å². The smallest absolute Gasteiger partial charge is 0.308 e. The van der Waals surface area contributed by atoms with E-state index in [0.29, 0.717) is 22.9 Å². The van der Waals surface area contributed by atoms with Crippen LogP contribution >= 0.6 is 27.3 Å². The second-order valence-corrected chi connectivity index (χ2v) is 7.14. The van der Waals surface area contributed by atoms with Crippen LogP contribution in [0.5, 0.6) is 0 Å². The van der Waals surface area contributed by atoms with Crippen LogP contribution in [0.1, 0.15) is 13.3 Å². The minimum atomic E-state index is -0.328. The molecular weight excluding hydrogens is 404 g/mol. The molecule has 0 saturated carbocycles. The van der Waals surface area contributed by atoms with Gasteiger partial charge < -0.3 is 16.0 Å². The van der Waals surface area contributed by atoms with Crippen LogP contribution in [0.15, 0.2) is 46.9 Å². The Morgan fingerprint density at radius 2 is 1.72 bits per heavy atom. The van der Waals surface area contributed by atoms with Gasteiger partial charge in [0.1, 0.15) is 0 Å². The molecule has 25 heavy (non-hydrogen) atoms. The number of urea groups is 1. The van der Waals surface area contributed by atoms with Crippen LogP contribution in [0, 0.1) is 0 Å². The highest BCUT2D eigenvalue weighted by atomic mass is 79.9. The van der Waals surface area contributed by atoms with Crippen molar-refractivity contribution < 1.29 is 9.59 Å². The first-order valence-electron chi connectivity index (χ1n) is 7.57. The number of thiazole rings is 1. The summed E-state index contributed by atoms with van der Waals surface area (Å²) in [5.41, 5.74) is 2.12. The van der Waals surface area contributed by atoms with Crippen molar-refractivity contribution in [3.63, 3.8) is 0 Å². The number of benzene rings is 2. The quantitative estimate of drug-likeness (QED) is 0.553. The molecule has 0 spiro atoms. The zero-order chi connectivity index (χ0) is 17.8. The van der Waals surface area contributed by atoms with Crippen LogP contribution in [0.25, 0.3) is 10.2 Å². The van der Waals surface area contributed by atoms with E-state index < -0.39 is 0 Å². The highest BCUT2D eigenvalue weighted by Gasteiger charge is 2.08. The fourth-order valence-electron chi connectivity index (χ4n) is 2.09. The molecule has 0 saturated heterocycles. The number of hydrogen-bond acceptors (Lipinski definition) is 4. The van der Waals surface area contributed by atoms with Crippen molar-refractivity contribution in [3.8, 4) is 0 Å². The highest BCUT2D eigenvalue weighted by Crippen LogP contribution is 2.28. The standard InChI is InChI=1S/C17H15BrN4O2S/c1-2-15(23)22-17-21-13-8-7-12(9-14(13)25-17)20-16(24)19-11-5-3-10(18)4-6-11/h3-9H,2H2,1H3,(H2,19,20,24)(H,21,22,23). The SMILES string of the molecule is CCC(=O)Nc1nc2ccc(NC(=O)Nc3ccc(Br)cc3)cc2s1. The van der Waals surface area contributed by atoms with Gasteiger partial charge in [0.25, 0.3) is 0 Å². The fraction of sp³-hybridized carbons (Fsp3) is 0.118. The Labute approximate surface area is 156 Å². The lowest BCUT2D eigenvalue weighted by molar-refractivity contribution is -0.115. The lowest BCUT2D eigenvalue weighted by atomic mass is 10.3. The van der Waals surface area contributed by atoms with E-state index >= 15 is 0 Å². The molecule has 8 heteroatoms. The second-order valence-electron chi connectivity index (χ2n) is 5.19. The minimum absolute atomic E-state index is 0.0775. The Hall–Kier alpha value is -2.45. The molecule has 3 N–H and O–H groups in total. The van der Waals surface area contributed by atoms with Crippen LogP contribution < -0.4 is 16.0 Å². The number of halogens is 1. The number of carbonyl (C=O) groups is 2. The summed E-state index contributed by atoms with van der Waals surface area (Å²) in [4.78, 5) is 27.9. The number of nitrogens with zero attached hydrogens (tertiary/aromatic N) is 1. The third kappa shape index (κ3) is 4.55. The summed E-state index contributed by atoms with van der Waals surface area (Å²) in [6.07, 6.45) is 0.402. The Morgan fingerprint density at radius 1 is 1.04 bits per heavy atom. The minimum Gasteiger partial charge on any atom is -0.308 e. The molecule has 3 aromatic rings. The molecule has 3 amide bonds. The largest absolute Gasteiger partial charge is 0.323 e. The van der Waals surface area contributed by atoms with Crippen LogP contribution in [-0.2, 0) is 4.79 Å². The van der Waals surface area contributed by atoms with Crippen molar-refractivity contribution in [1.29, 1.82) is 0 Å². The Bertz CT molecular complexity index is 924. The molecule has 6 nitrogen and oxygen atoms in total. The van der Waals surface area contributed by atoms with Crippen LogP contribution in [0.4, 0.5) is 21.3 Å². The number of hydrogen-bond donors (Lipinski definition) is 3. The van der Waals surface area contributed by atoms with E-state index in [1.807, 2.05) is 24.3 Å². The van der Waals surface area contributed by atoms with Gasteiger partial charge in [-0.15, -0.1) is 0 Å².